The average Bonchev–Trinajstić information content (AvgIpc) is 1.52. The molecule has 2 heteroatoms. The molecule has 18 rings (SSSR count). The van der Waals surface area contributed by atoms with Crippen LogP contribution in [0.2, 0.25) is 0 Å². The van der Waals surface area contributed by atoms with Crippen molar-refractivity contribution >= 4 is 66.4 Å². The number of benzene rings is 16. The van der Waals surface area contributed by atoms with Gasteiger partial charge < -0.3 is 9.80 Å². The van der Waals surface area contributed by atoms with E-state index in [1.54, 1.807) is 0 Å². The van der Waals surface area contributed by atoms with Gasteiger partial charge in [-0.15, -0.1) is 0 Å². The van der Waals surface area contributed by atoms with Gasteiger partial charge in [0.05, 0.1) is 22.2 Å². The van der Waals surface area contributed by atoms with E-state index in [9.17, 15) is 0 Å². The lowest BCUT2D eigenvalue weighted by Gasteiger charge is -2.34. The number of fused-ring (bicyclic) bond motifs is 6. The van der Waals surface area contributed by atoms with Crippen LogP contribution in [0.3, 0.4) is 0 Å². The van der Waals surface area contributed by atoms with Crippen LogP contribution in [0, 0.1) is 13.8 Å². The largest absolute Gasteiger partial charge is 0.310 e. The lowest BCUT2D eigenvalue weighted by atomic mass is 9.67. The minimum atomic E-state index is -0.511. The number of aryl methyl sites for hydroxylation is 2. The summed E-state index contributed by atoms with van der Waals surface area (Å²) >= 11 is 0. The molecular formula is C92H64N2. The Morgan fingerprint density at radius 2 is 0.521 bits per heavy atom. The van der Waals surface area contributed by atoms with Gasteiger partial charge in [0.15, 0.2) is 0 Å². The summed E-state index contributed by atoms with van der Waals surface area (Å²) in [5, 5.41) is 7.27. The number of hydrogen-bond acceptors (Lipinski definition) is 2. The normalized spacial score (nSPS) is 13.2. The zero-order chi connectivity index (χ0) is 62.5. The van der Waals surface area contributed by atoms with Crippen molar-refractivity contribution in [1.82, 2.24) is 0 Å². The number of anilines is 6. The molecular weight excluding hydrogens is 1130 g/mol. The maximum Gasteiger partial charge on any atom is 0.0713 e. The third-order valence-corrected chi connectivity index (χ3v) is 20.4. The average molecular weight is 1200 g/mol. The third-order valence-electron chi connectivity index (χ3n) is 20.4. The van der Waals surface area contributed by atoms with Crippen molar-refractivity contribution < 1.29 is 0 Å². The molecule has 2 nitrogen and oxygen atoms in total. The minimum Gasteiger partial charge on any atom is -0.310 e. The Kier molecular flexibility index (Phi) is 12.8. The molecule has 2 aliphatic carbocycles. The topological polar surface area (TPSA) is 6.48 Å². The Bertz CT molecular complexity index is 5180. The summed E-state index contributed by atoms with van der Waals surface area (Å²) in [5.41, 5.74) is 28.1. The molecule has 0 N–H and O–H groups in total. The highest BCUT2D eigenvalue weighted by atomic mass is 15.1. The summed E-state index contributed by atoms with van der Waals surface area (Å²) in [7, 11) is 0. The molecule has 0 bridgehead atoms. The Morgan fingerprint density at radius 1 is 0.223 bits per heavy atom. The molecule has 0 unspecified atom stereocenters. The van der Waals surface area contributed by atoms with Crippen LogP contribution >= 0.6 is 0 Å². The van der Waals surface area contributed by atoms with Gasteiger partial charge in [0, 0.05) is 33.5 Å². The van der Waals surface area contributed by atoms with Crippen LogP contribution in [0.1, 0.15) is 55.6 Å². The molecule has 94 heavy (non-hydrogen) atoms. The molecule has 0 spiro atoms. The van der Waals surface area contributed by atoms with Crippen LogP contribution in [-0.2, 0) is 10.8 Å². The van der Waals surface area contributed by atoms with E-state index in [1.807, 2.05) is 0 Å². The first-order valence-electron chi connectivity index (χ1n) is 32.8. The van der Waals surface area contributed by atoms with Gasteiger partial charge in [-0.05, 0) is 197 Å². The SMILES string of the molecule is Cc1cccc(C2(c3cccc(-c4cccc(N(c5ccccc5)c5ccc6ccc7c(N(c8ccccc8)c8cccc(-c9cccc(C%10(c%11cccc(C)c%11)c%11ccccc%11-c%11ccccc%11%10)c9)c8)ccc8ccc5c6c87)c4)c3)c3ccccc3-c3ccccc32)c1. The van der Waals surface area contributed by atoms with Crippen LogP contribution in [0.15, 0.2) is 352 Å². The van der Waals surface area contributed by atoms with Crippen molar-refractivity contribution in [1.29, 1.82) is 0 Å². The standard InChI is InChI=1S/C92H64N2/c1-61-23-17-29-69(55-61)91(83-43-13-9-39-77(83)78-40-10-14-44-84(78)91)71-31-19-25-65(57-71)67-27-21-37-75(59-67)93(73-33-5-3-6-34-73)87-53-49-63-48-52-82-88(54-50-64-47-51-81(87)89(63)90(64)82)94(74-35-7-4-8-36-74)76-38-22-28-68(60-76)66-26-20-32-72(58-66)92(70-30-18-24-62(2)56-70)85-45-15-11-41-79(85)80-42-12-16-46-86(80)92/h3-60H,1-2H3. The smallest absolute Gasteiger partial charge is 0.0713 e. The fourth-order valence-electron chi connectivity index (χ4n) is 16.5. The van der Waals surface area contributed by atoms with Crippen molar-refractivity contribution in [3.05, 3.63) is 407 Å². The van der Waals surface area contributed by atoms with Crippen molar-refractivity contribution in [3.8, 4) is 44.5 Å². The molecule has 2 aliphatic rings. The summed E-state index contributed by atoms with van der Waals surface area (Å²) in [6.07, 6.45) is 0. The highest BCUT2D eigenvalue weighted by molar-refractivity contribution is 6.28. The van der Waals surface area contributed by atoms with Gasteiger partial charge in [0.1, 0.15) is 0 Å². The van der Waals surface area contributed by atoms with Gasteiger partial charge in [-0.3, -0.25) is 0 Å². The van der Waals surface area contributed by atoms with E-state index in [0.29, 0.717) is 0 Å². The monoisotopic (exact) mass is 1200 g/mol. The Labute approximate surface area is 549 Å². The van der Waals surface area contributed by atoms with E-state index >= 15 is 0 Å². The molecule has 0 heterocycles. The highest BCUT2D eigenvalue weighted by Crippen LogP contribution is 2.59. The Morgan fingerprint density at radius 3 is 0.894 bits per heavy atom. The lowest BCUT2D eigenvalue weighted by Crippen LogP contribution is -2.28. The van der Waals surface area contributed by atoms with E-state index in [-0.39, 0.29) is 0 Å². The van der Waals surface area contributed by atoms with Crippen molar-refractivity contribution in [2.75, 3.05) is 9.80 Å². The van der Waals surface area contributed by atoms with E-state index in [1.165, 1.54) is 121 Å². The van der Waals surface area contributed by atoms with Crippen LogP contribution in [0.5, 0.6) is 0 Å². The van der Waals surface area contributed by atoms with Crippen LogP contribution in [-0.4, -0.2) is 0 Å². The predicted molar refractivity (Wildman–Crippen MR) is 394 cm³/mol. The number of para-hydroxylation sites is 2. The minimum absolute atomic E-state index is 0.511. The van der Waals surface area contributed by atoms with Crippen LogP contribution < -0.4 is 9.80 Å². The fourth-order valence-corrected chi connectivity index (χ4v) is 16.5. The van der Waals surface area contributed by atoms with E-state index in [0.717, 1.165) is 45.3 Å². The van der Waals surface area contributed by atoms with Gasteiger partial charge in [-0.25, -0.2) is 0 Å². The molecule has 0 aromatic heterocycles. The molecule has 0 radical (unpaired) electrons. The van der Waals surface area contributed by atoms with Crippen LogP contribution in [0.4, 0.5) is 34.1 Å². The fraction of sp³-hybridized carbons (Fsp3) is 0.0435. The quantitative estimate of drug-likeness (QED) is 0.113. The molecule has 0 fully saturated rings. The van der Waals surface area contributed by atoms with Gasteiger partial charge in [-0.1, -0.05) is 290 Å². The second-order valence-electron chi connectivity index (χ2n) is 25.6. The first kappa shape index (κ1) is 55.0. The molecule has 16 aromatic rings. The van der Waals surface area contributed by atoms with Gasteiger partial charge in [0.2, 0.25) is 0 Å². The summed E-state index contributed by atoms with van der Waals surface area (Å²) in [4.78, 5) is 4.92. The molecule has 16 aromatic carbocycles. The van der Waals surface area contributed by atoms with Crippen molar-refractivity contribution in [2.24, 2.45) is 0 Å². The second-order valence-corrected chi connectivity index (χ2v) is 25.6. The van der Waals surface area contributed by atoms with E-state index < -0.39 is 10.8 Å². The molecule has 0 saturated carbocycles. The Balaban J connectivity index is 0.764. The van der Waals surface area contributed by atoms with E-state index in [4.69, 9.17) is 0 Å². The molecule has 0 saturated heterocycles. The lowest BCUT2D eigenvalue weighted by molar-refractivity contribution is 0.767. The second kappa shape index (κ2) is 21.9. The summed E-state index contributed by atoms with van der Waals surface area (Å²) < 4.78 is 0. The van der Waals surface area contributed by atoms with Gasteiger partial charge >= 0.3 is 0 Å². The number of rotatable bonds is 12. The maximum absolute atomic E-state index is 2.46. The maximum atomic E-state index is 2.46. The van der Waals surface area contributed by atoms with Crippen molar-refractivity contribution in [2.45, 2.75) is 24.7 Å². The third kappa shape index (κ3) is 8.43. The van der Waals surface area contributed by atoms with Crippen LogP contribution in [0.25, 0.3) is 76.8 Å². The van der Waals surface area contributed by atoms with E-state index in [2.05, 4.69) is 375 Å². The molecule has 0 atom stereocenters. The van der Waals surface area contributed by atoms with Crippen molar-refractivity contribution in [3.63, 3.8) is 0 Å². The molecule has 0 aliphatic heterocycles. The number of hydrogen-bond donors (Lipinski definition) is 0. The summed E-state index contributed by atoms with van der Waals surface area (Å²) in [6.45, 7) is 4.42. The highest BCUT2D eigenvalue weighted by Gasteiger charge is 2.47. The molecule has 0 amide bonds. The summed E-state index contributed by atoms with van der Waals surface area (Å²) in [5.74, 6) is 0. The zero-order valence-electron chi connectivity index (χ0n) is 52.4. The molecule has 442 valence electrons. The Hall–Kier alpha value is -11.8. The summed E-state index contributed by atoms with van der Waals surface area (Å²) in [6, 6.07) is 132. The zero-order valence-corrected chi connectivity index (χ0v) is 52.4. The predicted octanol–water partition coefficient (Wildman–Crippen LogP) is 24.2. The van der Waals surface area contributed by atoms with Gasteiger partial charge in [0.25, 0.3) is 0 Å². The van der Waals surface area contributed by atoms with Gasteiger partial charge in [-0.2, -0.15) is 0 Å². The first-order chi connectivity index (χ1) is 46.4. The number of nitrogens with zero attached hydrogens (tertiary/aromatic N) is 2. The first-order valence-corrected chi connectivity index (χ1v) is 32.8.